The molecule has 1 atom stereocenters. The van der Waals surface area contributed by atoms with Gasteiger partial charge in [-0.2, -0.15) is 0 Å². The highest BCUT2D eigenvalue weighted by Crippen LogP contribution is 2.18. The van der Waals surface area contributed by atoms with E-state index in [9.17, 15) is 0 Å². The Bertz CT molecular complexity index is 876. The standard InChI is InChI=1S/C30H41N3/c1-5-7-11-26-14-16-27(17-15-26)22-30(31-24(3)6-2)25(4)32-29-18-20-33(21-19-29)23-28-12-9-8-10-13-28/h1,9,12-17,29-32H,3-4,6-8,10-11,18-23H2,2H3/t30-/m0/s1. The lowest BCUT2D eigenvalue weighted by molar-refractivity contribution is 0.216. The minimum absolute atomic E-state index is 0.129. The van der Waals surface area contributed by atoms with Gasteiger partial charge in [0.05, 0.1) is 6.04 Å². The topological polar surface area (TPSA) is 27.3 Å². The zero-order chi connectivity index (χ0) is 23.5. The third kappa shape index (κ3) is 8.30. The summed E-state index contributed by atoms with van der Waals surface area (Å²) in [5.41, 5.74) is 6.19. The van der Waals surface area contributed by atoms with Gasteiger partial charge in [-0.05, 0) is 61.6 Å². The van der Waals surface area contributed by atoms with Crippen molar-refractivity contribution in [1.82, 2.24) is 15.5 Å². The number of hydrogen-bond donors (Lipinski definition) is 2. The molecule has 2 N–H and O–H groups in total. The van der Waals surface area contributed by atoms with E-state index in [0.29, 0.717) is 6.04 Å². The van der Waals surface area contributed by atoms with E-state index in [1.54, 1.807) is 0 Å². The normalized spacial score (nSPS) is 17.6. The Morgan fingerprint density at radius 3 is 2.52 bits per heavy atom. The summed E-state index contributed by atoms with van der Waals surface area (Å²) in [4.78, 5) is 2.58. The van der Waals surface area contributed by atoms with E-state index in [4.69, 9.17) is 6.42 Å². The fraction of sp³-hybridized carbons (Fsp3) is 0.467. The minimum Gasteiger partial charge on any atom is -0.384 e. The molecule has 0 radical (unpaired) electrons. The smallest absolute Gasteiger partial charge is 0.0690 e. The van der Waals surface area contributed by atoms with Crippen LogP contribution in [0.2, 0.25) is 0 Å². The van der Waals surface area contributed by atoms with Crippen molar-refractivity contribution in [3.8, 4) is 12.3 Å². The number of benzene rings is 1. The SMILES string of the molecule is C#CCCc1ccc(C[C@H](NC(=C)CC)C(=C)NC2CCN(CC3=CCCC=C3)CC2)cc1. The van der Waals surface area contributed by atoms with Crippen LogP contribution >= 0.6 is 0 Å². The van der Waals surface area contributed by atoms with Gasteiger partial charge in [0.15, 0.2) is 0 Å². The lowest BCUT2D eigenvalue weighted by atomic mass is 9.98. The monoisotopic (exact) mass is 443 g/mol. The second kappa shape index (κ2) is 13.1. The number of nitrogens with zero attached hydrogens (tertiary/aromatic N) is 1. The maximum atomic E-state index is 5.40. The number of terminal acetylenes is 1. The minimum atomic E-state index is 0.129. The molecule has 1 aromatic rings. The van der Waals surface area contributed by atoms with Crippen LogP contribution in [0.5, 0.6) is 0 Å². The zero-order valence-electron chi connectivity index (χ0n) is 20.4. The summed E-state index contributed by atoms with van der Waals surface area (Å²) < 4.78 is 0. The molecule has 1 saturated heterocycles. The predicted molar refractivity (Wildman–Crippen MR) is 142 cm³/mol. The van der Waals surface area contributed by atoms with E-state index in [1.165, 1.54) is 29.5 Å². The molecule has 2 aliphatic rings. The number of aryl methyl sites for hydroxylation is 1. The second-order valence-electron chi connectivity index (χ2n) is 9.36. The maximum absolute atomic E-state index is 5.40. The van der Waals surface area contributed by atoms with Gasteiger partial charge in [-0.3, -0.25) is 4.90 Å². The van der Waals surface area contributed by atoms with Crippen LogP contribution in [0, 0.1) is 12.3 Å². The van der Waals surface area contributed by atoms with Gasteiger partial charge in [-0.1, -0.05) is 62.6 Å². The number of hydrogen-bond acceptors (Lipinski definition) is 3. The van der Waals surface area contributed by atoms with Crippen molar-refractivity contribution in [2.75, 3.05) is 19.6 Å². The molecule has 3 heteroatoms. The van der Waals surface area contributed by atoms with E-state index in [1.807, 2.05) is 0 Å². The van der Waals surface area contributed by atoms with E-state index in [0.717, 1.165) is 69.6 Å². The Balaban J connectivity index is 1.52. The van der Waals surface area contributed by atoms with Crippen molar-refractivity contribution in [2.45, 2.75) is 70.4 Å². The van der Waals surface area contributed by atoms with Crippen molar-refractivity contribution >= 4 is 0 Å². The molecule has 0 aromatic heterocycles. The van der Waals surface area contributed by atoms with Crippen molar-refractivity contribution in [2.24, 2.45) is 0 Å². The molecule has 3 nitrogen and oxygen atoms in total. The summed E-state index contributed by atoms with van der Waals surface area (Å²) in [7, 11) is 0. The quantitative estimate of drug-likeness (QED) is 0.417. The molecule has 0 spiro atoms. The molecule has 1 aromatic carbocycles. The van der Waals surface area contributed by atoms with Crippen LogP contribution in [0.15, 0.2) is 72.6 Å². The Morgan fingerprint density at radius 2 is 1.88 bits per heavy atom. The van der Waals surface area contributed by atoms with Gasteiger partial charge in [0.25, 0.3) is 0 Å². The average Bonchev–Trinajstić information content (AvgIpc) is 2.85. The first-order chi connectivity index (χ1) is 16.1. The van der Waals surface area contributed by atoms with Gasteiger partial charge in [-0.15, -0.1) is 12.3 Å². The van der Waals surface area contributed by atoms with E-state index >= 15 is 0 Å². The van der Waals surface area contributed by atoms with Gasteiger partial charge in [-0.25, -0.2) is 0 Å². The highest BCUT2D eigenvalue weighted by atomic mass is 15.1. The van der Waals surface area contributed by atoms with Crippen LogP contribution in [0.25, 0.3) is 0 Å². The lowest BCUT2D eigenvalue weighted by Crippen LogP contribution is -2.46. The van der Waals surface area contributed by atoms with Crippen molar-refractivity contribution in [1.29, 1.82) is 0 Å². The molecule has 3 rings (SSSR count). The summed E-state index contributed by atoms with van der Waals surface area (Å²) in [6, 6.07) is 9.44. The van der Waals surface area contributed by atoms with Gasteiger partial charge < -0.3 is 10.6 Å². The summed E-state index contributed by atoms with van der Waals surface area (Å²) >= 11 is 0. The fourth-order valence-corrected chi connectivity index (χ4v) is 4.55. The van der Waals surface area contributed by atoms with Crippen molar-refractivity contribution in [3.05, 3.63) is 83.7 Å². The molecule has 0 amide bonds. The molecule has 0 unspecified atom stereocenters. The lowest BCUT2D eigenvalue weighted by Gasteiger charge is -2.35. The maximum Gasteiger partial charge on any atom is 0.0690 e. The van der Waals surface area contributed by atoms with Crippen LogP contribution in [0.3, 0.4) is 0 Å². The number of likely N-dealkylation sites (tertiary alicyclic amines) is 1. The van der Waals surface area contributed by atoms with Crippen molar-refractivity contribution < 1.29 is 0 Å². The Kier molecular flexibility index (Phi) is 9.91. The van der Waals surface area contributed by atoms with Crippen LogP contribution in [-0.2, 0) is 12.8 Å². The summed E-state index contributed by atoms with van der Waals surface area (Å²) in [5.74, 6) is 2.72. The Labute approximate surface area is 201 Å². The molecule has 33 heavy (non-hydrogen) atoms. The van der Waals surface area contributed by atoms with Crippen LogP contribution < -0.4 is 10.6 Å². The third-order valence-electron chi connectivity index (χ3n) is 6.70. The van der Waals surface area contributed by atoms with Gasteiger partial charge in [0.1, 0.15) is 0 Å². The fourth-order valence-electron chi connectivity index (χ4n) is 4.55. The van der Waals surface area contributed by atoms with E-state index in [2.05, 4.69) is 84.0 Å². The number of piperidine rings is 1. The number of nitrogens with one attached hydrogen (secondary N) is 2. The first kappa shape index (κ1) is 24.9. The predicted octanol–water partition coefficient (Wildman–Crippen LogP) is 5.52. The average molecular weight is 444 g/mol. The first-order valence-electron chi connectivity index (χ1n) is 12.6. The van der Waals surface area contributed by atoms with Crippen LogP contribution in [-0.4, -0.2) is 36.6 Å². The Morgan fingerprint density at radius 1 is 1.15 bits per heavy atom. The molecular weight excluding hydrogens is 402 g/mol. The zero-order valence-corrected chi connectivity index (χ0v) is 20.4. The largest absolute Gasteiger partial charge is 0.384 e. The number of rotatable bonds is 12. The van der Waals surface area contributed by atoms with Gasteiger partial charge >= 0.3 is 0 Å². The third-order valence-corrected chi connectivity index (χ3v) is 6.70. The highest BCUT2D eigenvalue weighted by molar-refractivity contribution is 5.26. The molecule has 1 fully saturated rings. The summed E-state index contributed by atoms with van der Waals surface area (Å²) in [6.45, 7) is 14.1. The molecule has 0 saturated carbocycles. The molecular formula is C30H41N3. The number of allylic oxidation sites excluding steroid dienone is 3. The summed E-state index contributed by atoms with van der Waals surface area (Å²) in [5, 5.41) is 7.36. The molecule has 0 bridgehead atoms. The molecule has 1 aliphatic heterocycles. The van der Waals surface area contributed by atoms with Crippen molar-refractivity contribution in [3.63, 3.8) is 0 Å². The summed E-state index contributed by atoms with van der Waals surface area (Å²) in [6.07, 6.45) is 20.6. The van der Waals surface area contributed by atoms with E-state index in [-0.39, 0.29) is 6.04 Å². The Hall–Kier alpha value is -2.70. The molecule has 176 valence electrons. The second-order valence-corrected chi connectivity index (χ2v) is 9.36. The first-order valence-corrected chi connectivity index (χ1v) is 12.6. The van der Waals surface area contributed by atoms with Gasteiger partial charge in [0.2, 0.25) is 0 Å². The molecule has 1 aliphatic carbocycles. The molecule has 1 heterocycles. The van der Waals surface area contributed by atoms with Crippen LogP contribution in [0.4, 0.5) is 0 Å². The van der Waals surface area contributed by atoms with Gasteiger partial charge in [0, 0.05) is 43.5 Å². The van der Waals surface area contributed by atoms with E-state index < -0.39 is 0 Å². The van der Waals surface area contributed by atoms with Crippen LogP contribution in [0.1, 0.15) is 56.6 Å². The highest BCUT2D eigenvalue weighted by Gasteiger charge is 2.22.